The Balaban J connectivity index is 3.18. The Labute approximate surface area is 74.0 Å². The molecule has 0 heterocycles. The Morgan fingerprint density at radius 1 is 1.42 bits per heavy atom. The van der Waals surface area contributed by atoms with E-state index in [2.05, 4.69) is 6.92 Å². The maximum Gasteiger partial charge on any atom is 0.257 e. The predicted octanol–water partition coefficient (Wildman–Crippen LogP) is 1.50. The largest absolute Gasteiger partial charge is 0.291 e. The smallest absolute Gasteiger partial charge is 0.257 e. The van der Waals surface area contributed by atoms with Gasteiger partial charge in [0.25, 0.3) is 5.91 Å². The lowest BCUT2D eigenvalue weighted by molar-refractivity contribution is -0.116. The fourth-order valence-electron chi connectivity index (χ4n) is 0.927. The number of nitrogens with one attached hydrogen (secondary N) is 1. The molecule has 0 spiro atoms. The summed E-state index contributed by atoms with van der Waals surface area (Å²) in [6.45, 7) is 2.18. The van der Waals surface area contributed by atoms with Crippen molar-refractivity contribution in [1.82, 2.24) is 5.43 Å². The van der Waals surface area contributed by atoms with Crippen molar-refractivity contribution in [1.29, 1.82) is 0 Å². The van der Waals surface area contributed by atoms with Crippen LogP contribution in [0, 0.1) is 0 Å². The molecule has 0 unspecified atom stereocenters. The fourth-order valence-corrected chi connectivity index (χ4v) is 0.927. The zero-order valence-corrected chi connectivity index (χ0v) is 7.68. The van der Waals surface area contributed by atoms with Crippen LogP contribution in [0.2, 0.25) is 0 Å². The highest BCUT2D eigenvalue weighted by atomic mass is 16.2. The third-order valence-corrected chi connectivity index (χ3v) is 1.64. The minimum Gasteiger partial charge on any atom is -0.291 e. The normalized spacial score (nSPS) is 10.5. The quantitative estimate of drug-likeness (QED) is 0.209. The van der Waals surface area contributed by atoms with E-state index in [0.717, 1.165) is 12.8 Å². The number of carbonyl (C=O) groups is 1. The number of nitrogens with two attached hydrogens (primary N) is 1. The molecule has 70 valence electrons. The van der Waals surface area contributed by atoms with Crippen molar-refractivity contribution in [3.05, 3.63) is 12.2 Å². The molecule has 0 saturated carbocycles. The topological polar surface area (TPSA) is 55.1 Å². The molecule has 0 radical (unpaired) electrons. The van der Waals surface area contributed by atoms with E-state index < -0.39 is 0 Å². The molecule has 0 fully saturated rings. The van der Waals surface area contributed by atoms with E-state index in [4.69, 9.17) is 5.84 Å². The summed E-state index contributed by atoms with van der Waals surface area (Å²) in [5.74, 6) is 4.65. The van der Waals surface area contributed by atoms with E-state index in [1.54, 1.807) is 0 Å². The van der Waals surface area contributed by atoms with Crippen LogP contribution in [0.1, 0.15) is 39.0 Å². The van der Waals surface area contributed by atoms with Crippen molar-refractivity contribution < 1.29 is 4.79 Å². The lowest BCUT2D eigenvalue weighted by Crippen LogP contribution is -2.27. The van der Waals surface area contributed by atoms with Crippen LogP contribution in [-0.4, -0.2) is 5.91 Å². The Kier molecular flexibility index (Phi) is 7.70. The minimum atomic E-state index is -0.231. The van der Waals surface area contributed by atoms with Crippen molar-refractivity contribution in [2.24, 2.45) is 5.84 Å². The van der Waals surface area contributed by atoms with Crippen LogP contribution in [0.5, 0.6) is 0 Å². The molecule has 12 heavy (non-hydrogen) atoms. The second-order valence-corrected chi connectivity index (χ2v) is 2.76. The summed E-state index contributed by atoms with van der Waals surface area (Å²) in [4.78, 5) is 10.6. The van der Waals surface area contributed by atoms with Crippen LogP contribution in [0.4, 0.5) is 0 Å². The molecule has 3 nitrogen and oxygen atoms in total. The molecule has 0 aromatic rings. The molecule has 3 N–H and O–H groups in total. The average Bonchev–Trinajstić information content (AvgIpc) is 2.10. The van der Waals surface area contributed by atoms with E-state index in [-0.39, 0.29) is 5.91 Å². The molecule has 0 atom stereocenters. The van der Waals surface area contributed by atoms with Gasteiger partial charge in [0.15, 0.2) is 0 Å². The van der Waals surface area contributed by atoms with Gasteiger partial charge >= 0.3 is 0 Å². The molecule has 0 aliphatic carbocycles. The molecule has 0 aromatic heterocycles. The number of unbranched alkanes of at least 4 members (excludes halogenated alkanes) is 4. The SMILES string of the molecule is CCCCCCC=CC(=O)NN. The predicted molar refractivity (Wildman–Crippen MR) is 50.2 cm³/mol. The van der Waals surface area contributed by atoms with Gasteiger partial charge in [0.2, 0.25) is 0 Å². The van der Waals surface area contributed by atoms with Gasteiger partial charge in [0, 0.05) is 6.08 Å². The number of amides is 1. The summed E-state index contributed by atoms with van der Waals surface area (Å²) >= 11 is 0. The molecule has 0 rings (SSSR count). The van der Waals surface area contributed by atoms with Crippen LogP contribution >= 0.6 is 0 Å². The molecule has 0 bridgehead atoms. The van der Waals surface area contributed by atoms with Crippen molar-refractivity contribution in [2.45, 2.75) is 39.0 Å². The average molecular weight is 170 g/mol. The number of hydrogen-bond donors (Lipinski definition) is 2. The van der Waals surface area contributed by atoms with Gasteiger partial charge in [0.05, 0.1) is 0 Å². The van der Waals surface area contributed by atoms with Gasteiger partial charge in [0.1, 0.15) is 0 Å². The Morgan fingerprint density at radius 3 is 2.75 bits per heavy atom. The Bertz CT molecular complexity index is 143. The lowest BCUT2D eigenvalue weighted by atomic mass is 10.1. The summed E-state index contributed by atoms with van der Waals surface area (Å²) in [5.41, 5.74) is 2.04. The molecule has 1 amide bonds. The summed E-state index contributed by atoms with van der Waals surface area (Å²) in [6, 6.07) is 0. The number of allylic oxidation sites excluding steroid dienone is 1. The van der Waals surface area contributed by atoms with E-state index in [9.17, 15) is 4.79 Å². The highest BCUT2D eigenvalue weighted by Gasteiger charge is 1.88. The highest BCUT2D eigenvalue weighted by molar-refractivity contribution is 5.86. The van der Waals surface area contributed by atoms with Gasteiger partial charge in [-0.05, 0) is 12.8 Å². The van der Waals surface area contributed by atoms with Crippen LogP contribution in [0.3, 0.4) is 0 Å². The first-order valence-corrected chi connectivity index (χ1v) is 4.48. The van der Waals surface area contributed by atoms with Crippen LogP contribution in [-0.2, 0) is 4.79 Å². The van der Waals surface area contributed by atoms with Crippen molar-refractivity contribution >= 4 is 5.91 Å². The maximum absolute atomic E-state index is 10.6. The number of carbonyl (C=O) groups excluding carboxylic acids is 1. The van der Waals surface area contributed by atoms with Gasteiger partial charge in [-0.2, -0.15) is 0 Å². The third kappa shape index (κ3) is 7.28. The minimum absolute atomic E-state index is 0.231. The number of hydrogen-bond acceptors (Lipinski definition) is 2. The van der Waals surface area contributed by atoms with E-state index in [0.29, 0.717) is 0 Å². The van der Waals surface area contributed by atoms with Gasteiger partial charge in [-0.1, -0.05) is 32.3 Å². The second kappa shape index (κ2) is 8.27. The van der Waals surface area contributed by atoms with Gasteiger partial charge in [-0.3, -0.25) is 10.2 Å². The van der Waals surface area contributed by atoms with E-state index in [1.165, 1.54) is 25.3 Å². The third-order valence-electron chi connectivity index (χ3n) is 1.64. The molecule has 0 aliphatic rings. The molecular formula is C9H18N2O. The zero-order chi connectivity index (χ0) is 9.23. The summed E-state index contributed by atoms with van der Waals surface area (Å²) in [5, 5.41) is 0. The summed E-state index contributed by atoms with van der Waals surface area (Å²) in [7, 11) is 0. The summed E-state index contributed by atoms with van der Waals surface area (Å²) < 4.78 is 0. The zero-order valence-electron chi connectivity index (χ0n) is 7.68. The van der Waals surface area contributed by atoms with E-state index in [1.807, 2.05) is 11.5 Å². The Hall–Kier alpha value is -0.830. The number of hydrazine groups is 1. The van der Waals surface area contributed by atoms with E-state index >= 15 is 0 Å². The summed E-state index contributed by atoms with van der Waals surface area (Å²) in [6.07, 6.45) is 9.22. The second-order valence-electron chi connectivity index (χ2n) is 2.76. The van der Waals surface area contributed by atoms with Crippen molar-refractivity contribution in [3.63, 3.8) is 0 Å². The standard InChI is InChI=1S/C9H18N2O/c1-2-3-4-5-6-7-8-9(12)11-10/h7-8H,2-6,10H2,1H3,(H,11,12). The number of rotatable bonds is 6. The first-order valence-electron chi connectivity index (χ1n) is 4.48. The molecular weight excluding hydrogens is 152 g/mol. The molecule has 0 aliphatic heterocycles. The fraction of sp³-hybridized carbons (Fsp3) is 0.667. The molecule has 0 saturated heterocycles. The van der Waals surface area contributed by atoms with Gasteiger partial charge < -0.3 is 0 Å². The van der Waals surface area contributed by atoms with Crippen LogP contribution < -0.4 is 11.3 Å². The van der Waals surface area contributed by atoms with Gasteiger partial charge in [-0.25, -0.2) is 5.84 Å². The van der Waals surface area contributed by atoms with Crippen LogP contribution in [0.15, 0.2) is 12.2 Å². The molecule has 0 aromatic carbocycles. The van der Waals surface area contributed by atoms with Gasteiger partial charge in [-0.15, -0.1) is 0 Å². The molecule has 3 heteroatoms. The lowest BCUT2D eigenvalue weighted by Gasteiger charge is -1.93. The van der Waals surface area contributed by atoms with Crippen molar-refractivity contribution in [2.75, 3.05) is 0 Å². The monoisotopic (exact) mass is 170 g/mol. The highest BCUT2D eigenvalue weighted by Crippen LogP contribution is 2.02. The van der Waals surface area contributed by atoms with Crippen molar-refractivity contribution in [3.8, 4) is 0 Å². The maximum atomic E-state index is 10.6. The Morgan fingerprint density at radius 2 is 2.17 bits per heavy atom. The first-order chi connectivity index (χ1) is 5.81. The first kappa shape index (κ1) is 11.2. The van der Waals surface area contributed by atoms with Crippen LogP contribution in [0.25, 0.3) is 0 Å².